The van der Waals surface area contributed by atoms with Gasteiger partial charge in [0.15, 0.2) is 10.2 Å². The predicted octanol–water partition coefficient (Wildman–Crippen LogP) is 4.29. The van der Waals surface area contributed by atoms with Crippen LogP contribution in [0.25, 0.3) is 0 Å². The minimum atomic E-state index is -0.699. The molecule has 1 aliphatic heterocycles. The second-order valence-corrected chi connectivity index (χ2v) is 9.36. The summed E-state index contributed by atoms with van der Waals surface area (Å²) in [6.45, 7) is 0.0183. The van der Waals surface area contributed by atoms with Gasteiger partial charge in [-0.1, -0.05) is 42.5 Å². The number of imide groups is 1. The van der Waals surface area contributed by atoms with Crippen LogP contribution >= 0.6 is 24.4 Å². The molecule has 1 aliphatic rings. The van der Waals surface area contributed by atoms with Crippen molar-refractivity contribution >= 4 is 75.5 Å². The highest BCUT2D eigenvalue weighted by Crippen LogP contribution is 2.30. The number of nitrogens with one attached hydrogen (secondary N) is 4. The van der Waals surface area contributed by atoms with E-state index in [4.69, 9.17) is 24.4 Å². The van der Waals surface area contributed by atoms with Crippen molar-refractivity contribution in [3.8, 4) is 0 Å². The fourth-order valence-electron chi connectivity index (χ4n) is 3.89. The Hall–Kier alpha value is -5.08. The summed E-state index contributed by atoms with van der Waals surface area (Å²) < 4.78 is 0. The molecule has 12 nitrogen and oxygen atoms in total. The van der Waals surface area contributed by atoms with Crippen LogP contribution in [0.2, 0.25) is 0 Å². The van der Waals surface area contributed by atoms with E-state index in [9.17, 15) is 19.7 Å². The fraction of sp³-hybridized carbons (Fsp3) is 0.111. The molecule has 0 unspecified atom stereocenters. The van der Waals surface area contributed by atoms with Gasteiger partial charge in [-0.05, 0) is 67.6 Å². The van der Waals surface area contributed by atoms with E-state index in [0.717, 1.165) is 16.3 Å². The van der Waals surface area contributed by atoms with Crippen LogP contribution in [0.4, 0.5) is 17.1 Å². The molecule has 0 bridgehead atoms. The van der Waals surface area contributed by atoms with E-state index in [1.807, 2.05) is 60.7 Å². The van der Waals surface area contributed by atoms with Gasteiger partial charge < -0.3 is 10.6 Å². The third-order valence-corrected chi connectivity index (χ3v) is 6.12. The normalized spacial score (nSPS) is 12.7. The zero-order valence-corrected chi connectivity index (χ0v) is 23.1. The van der Waals surface area contributed by atoms with Crippen molar-refractivity contribution in [1.82, 2.24) is 15.8 Å². The number of nitro benzene ring substituents is 1. The molecule has 14 heteroatoms. The van der Waals surface area contributed by atoms with Gasteiger partial charge in [0.05, 0.1) is 22.4 Å². The molecule has 2 amide bonds. The number of hydrogen-bond donors (Lipinski definition) is 4. The van der Waals surface area contributed by atoms with Crippen LogP contribution in [0.1, 0.15) is 33.6 Å². The number of anilines is 2. The fourth-order valence-corrected chi connectivity index (χ4v) is 4.22. The highest BCUT2D eigenvalue weighted by molar-refractivity contribution is 7.80. The van der Waals surface area contributed by atoms with E-state index in [2.05, 4.69) is 31.7 Å². The first-order valence-corrected chi connectivity index (χ1v) is 13.1. The number of hydrogen-bond acceptors (Lipinski definition) is 8. The third-order valence-electron chi connectivity index (χ3n) is 5.73. The molecule has 1 heterocycles. The van der Waals surface area contributed by atoms with Gasteiger partial charge in [0, 0.05) is 24.0 Å². The number of hydrazone groups is 2. The maximum Gasteiger partial charge on any atom is 0.282 e. The van der Waals surface area contributed by atoms with E-state index in [-0.39, 0.29) is 34.3 Å². The average molecular weight is 589 g/mol. The van der Waals surface area contributed by atoms with Gasteiger partial charge in [-0.25, -0.2) is 0 Å². The number of carbonyl (C=O) groups is 2. The van der Waals surface area contributed by atoms with Crippen molar-refractivity contribution in [3.63, 3.8) is 0 Å². The number of nitrogens with zero attached hydrogens (tertiary/aromatic N) is 4. The molecule has 0 atom stereocenters. The molecule has 0 saturated carbocycles. The van der Waals surface area contributed by atoms with Crippen molar-refractivity contribution in [1.29, 1.82) is 0 Å². The van der Waals surface area contributed by atoms with Crippen molar-refractivity contribution < 1.29 is 14.5 Å². The molecule has 0 spiro atoms. The molecule has 4 rings (SSSR count). The zero-order chi connectivity index (χ0) is 29.2. The zero-order valence-electron chi connectivity index (χ0n) is 21.4. The van der Waals surface area contributed by atoms with Gasteiger partial charge in [0.1, 0.15) is 5.56 Å². The summed E-state index contributed by atoms with van der Waals surface area (Å²) >= 11 is 10.6. The summed E-state index contributed by atoms with van der Waals surface area (Å²) in [5.41, 5.74) is 6.89. The Labute approximate surface area is 245 Å². The smallest absolute Gasteiger partial charge is 0.282 e. The molecule has 3 aromatic carbocycles. The summed E-state index contributed by atoms with van der Waals surface area (Å²) in [4.78, 5) is 37.4. The molecule has 0 fully saturated rings. The largest absolute Gasteiger partial charge is 0.331 e. The number of thiocarbonyl (C=S) groups is 2. The highest BCUT2D eigenvalue weighted by Gasteiger charge is 2.40. The first kappa shape index (κ1) is 28.9. The summed E-state index contributed by atoms with van der Waals surface area (Å²) in [6.07, 6.45) is 2.02. The van der Waals surface area contributed by atoms with Crippen LogP contribution in [-0.4, -0.2) is 50.3 Å². The summed E-state index contributed by atoms with van der Waals surface area (Å²) in [5, 5.41) is 26.3. The van der Waals surface area contributed by atoms with Crippen molar-refractivity contribution in [2.45, 2.75) is 12.8 Å². The number of para-hydroxylation sites is 2. The summed E-state index contributed by atoms with van der Waals surface area (Å²) in [7, 11) is 0. The second-order valence-electron chi connectivity index (χ2n) is 8.55. The second kappa shape index (κ2) is 13.8. The van der Waals surface area contributed by atoms with Crippen LogP contribution in [0.3, 0.4) is 0 Å². The van der Waals surface area contributed by atoms with Gasteiger partial charge in [-0.3, -0.25) is 35.5 Å². The standard InChI is InChI=1S/C27H24N8O4S2/c36-24-21-14-7-15-22(35(38)39)23(21)25(37)34(24)16-8-13-20(31-33-27(41)30-19-11-5-2-6-12-19)17-28-32-26(40)29-18-9-3-1-4-10-18/h1-7,9-12,14-15,17H,8,13,16H2,(H2,29,32,40)(H2,30,33,41)/b28-17+,31-20+. The Morgan fingerprint density at radius 2 is 1.46 bits per heavy atom. The maximum absolute atomic E-state index is 12.9. The van der Waals surface area contributed by atoms with Crippen molar-refractivity contribution in [3.05, 3.63) is 100 Å². The lowest BCUT2D eigenvalue weighted by Crippen LogP contribution is -2.31. The lowest BCUT2D eigenvalue weighted by molar-refractivity contribution is -0.385. The molecule has 0 radical (unpaired) electrons. The molecule has 0 aromatic heterocycles. The lowest BCUT2D eigenvalue weighted by Gasteiger charge is -2.13. The predicted molar refractivity (Wildman–Crippen MR) is 165 cm³/mol. The molecule has 41 heavy (non-hydrogen) atoms. The number of benzene rings is 3. The van der Waals surface area contributed by atoms with E-state index in [0.29, 0.717) is 12.1 Å². The number of carbonyl (C=O) groups excluding carboxylic acids is 2. The summed E-state index contributed by atoms with van der Waals surface area (Å²) in [6, 6.07) is 22.6. The number of amides is 2. The number of rotatable bonds is 10. The summed E-state index contributed by atoms with van der Waals surface area (Å²) in [5.74, 6) is -1.28. The van der Waals surface area contributed by atoms with Gasteiger partial charge in [0.2, 0.25) is 0 Å². The topological polar surface area (TPSA) is 153 Å². The quantitative estimate of drug-likeness (QED) is 0.0887. The Balaban J connectivity index is 1.40. The Morgan fingerprint density at radius 3 is 2.07 bits per heavy atom. The van der Waals surface area contributed by atoms with Crippen LogP contribution < -0.4 is 21.5 Å². The molecule has 208 valence electrons. The first-order valence-electron chi connectivity index (χ1n) is 12.3. The molecule has 4 N–H and O–H groups in total. The molecule has 0 saturated heterocycles. The van der Waals surface area contributed by atoms with Crippen LogP contribution in [0.5, 0.6) is 0 Å². The first-order chi connectivity index (χ1) is 19.8. The van der Waals surface area contributed by atoms with Crippen molar-refractivity contribution in [2.24, 2.45) is 10.2 Å². The minimum Gasteiger partial charge on any atom is -0.331 e. The van der Waals surface area contributed by atoms with E-state index in [1.54, 1.807) is 0 Å². The number of nitro groups is 1. The van der Waals surface area contributed by atoms with Crippen LogP contribution in [0.15, 0.2) is 89.1 Å². The van der Waals surface area contributed by atoms with Gasteiger partial charge >= 0.3 is 0 Å². The Kier molecular flexibility index (Phi) is 9.75. The molecular weight excluding hydrogens is 564 g/mol. The molecular formula is C27H24N8O4S2. The SMILES string of the molecule is O=C1c2cccc([N+](=O)[O-])c2C(=O)N1CCCC(/C=N/NC(=S)Nc1ccccc1)=N\NC(=S)Nc1ccccc1. The lowest BCUT2D eigenvalue weighted by atomic mass is 10.1. The van der Waals surface area contributed by atoms with Crippen LogP contribution in [0, 0.1) is 10.1 Å². The Bertz CT molecular complexity index is 1530. The minimum absolute atomic E-state index is 0.0160. The number of fused-ring (bicyclic) bond motifs is 1. The molecule has 3 aromatic rings. The third kappa shape index (κ3) is 7.74. The van der Waals surface area contributed by atoms with E-state index >= 15 is 0 Å². The van der Waals surface area contributed by atoms with Gasteiger partial charge in [-0.2, -0.15) is 10.2 Å². The average Bonchev–Trinajstić information content (AvgIpc) is 3.21. The highest BCUT2D eigenvalue weighted by atomic mass is 32.1. The molecule has 0 aliphatic carbocycles. The van der Waals surface area contributed by atoms with E-state index in [1.165, 1.54) is 24.4 Å². The van der Waals surface area contributed by atoms with Gasteiger partial charge in [0.25, 0.3) is 17.5 Å². The van der Waals surface area contributed by atoms with Crippen molar-refractivity contribution in [2.75, 3.05) is 17.2 Å². The monoisotopic (exact) mass is 588 g/mol. The Morgan fingerprint density at radius 1 is 0.854 bits per heavy atom. The van der Waals surface area contributed by atoms with Crippen LogP contribution in [-0.2, 0) is 0 Å². The van der Waals surface area contributed by atoms with E-state index < -0.39 is 22.4 Å². The maximum atomic E-state index is 12.9. The van der Waals surface area contributed by atoms with Gasteiger partial charge in [-0.15, -0.1) is 0 Å².